The Hall–Kier alpha value is -0.150. The zero-order chi connectivity index (χ0) is 6.41. The van der Waals surface area contributed by atoms with Gasteiger partial charge >= 0.3 is 0 Å². The van der Waals surface area contributed by atoms with Crippen molar-refractivity contribution in [1.82, 2.24) is 10.6 Å². The van der Waals surface area contributed by atoms with Crippen molar-refractivity contribution in [3.8, 4) is 0 Å². The van der Waals surface area contributed by atoms with Gasteiger partial charge in [0, 0.05) is 24.7 Å². The van der Waals surface area contributed by atoms with Gasteiger partial charge in [0.1, 0.15) is 0 Å². The minimum Gasteiger partial charge on any atom is -0.393 e. The van der Waals surface area contributed by atoms with Crippen LogP contribution in [-0.2, 0) is 0 Å². The Labute approximate surface area is 55.8 Å². The number of hydrogen-bond donors (Lipinski definition) is 3. The summed E-state index contributed by atoms with van der Waals surface area (Å²) in [6.45, 7) is 0.823. The molecule has 0 fully saturated rings. The molecule has 0 rings (SSSR count). The molecule has 0 heterocycles. The van der Waals surface area contributed by atoms with Crippen LogP contribution in [0.5, 0.6) is 0 Å². The lowest BCUT2D eigenvalue weighted by Crippen LogP contribution is -2.09. The van der Waals surface area contributed by atoms with Gasteiger partial charge in [-0.1, -0.05) is 0 Å². The van der Waals surface area contributed by atoms with Crippen LogP contribution in [0.25, 0.3) is 0 Å². The predicted molar refractivity (Wildman–Crippen MR) is 40.1 cm³/mol. The van der Waals surface area contributed by atoms with Gasteiger partial charge in [-0.15, -0.1) is 12.6 Å². The number of hydrogen-bond acceptors (Lipinski definition) is 3. The lowest BCUT2D eigenvalue weighted by Gasteiger charge is -1.95. The summed E-state index contributed by atoms with van der Waals surface area (Å²) in [6, 6.07) is 0. The lowest BCUT2D eigenvalue weighted by atomic mass is 10.6. The fourth-order valence-corrected chi connectivity index (χ4v) is 0.686. The van der Waals surface area contributed by atoms with Gasteiger partial charge < -0.3 is 10.6 Å². The first-order chi connectivity index (χ1) is 3.81. The van der Waals surface area contributed by atoms with Crippen LogP contribution in [-0.4, -0.2) is 20.6 Å². The molecule has 0 bridgehead atoms. The normalized spacial score (nSPS) is 11.6. The Bertz CT molecular complexity index is 80.5. The Morgan fingerprint density at radius 1 is 1.62 bits per heavy atom. The molecule has 0 aliphatic rings. The number of likely N-dealkylation sites (N-methyl/N-ethyl adjacent to an activating group) is 1. The monoisotopic (exact) mass is 132 g/mol. The van der Waals surface area contributed by atoms with Crippen molar-refractivity contribution in [2.75, 3.05) is 20.6 Å². The van der Waals surface area contributed by atoms with Crippen molar-refractivity contribution in [3.05, 3.63) is 11.1 Å². The molecule has 0 amide bonds. The second-order valence-corrected chi connectivity index (χ2v) is 2.03. The summed E-state index contributed by atoms with van der Waals surface area (Å²) in [7, 11) is 3.74. The summed E-state index contributed by atoms with van der Waals surface area (Å²) in [5, 5.41) is 5.84. The van der Waals surface area contributed by atoms with Gasteiger partial charge in [-0.2, -0.15) is 0 Å². The van der Waals surface area contributed by atoms with E-state index in [4.69, 9.17) is 0 Å². The zero-order valence-electron chi connectivity index (χ0n) is 5.23. The molecule has 8 heavy (non-hydrogen) atoms. The van der Waals surface area contributed by atoms with Crippen LogP contribution in [0, 0.1) is 0 Å². The van der Waals surface area contributed by atoms with Crippen LogP contribution < -0.4 is 10.6 Å². The van der Waals surface area contributed by atoms with Crippen LogP contribution in [0.4, 0.5) is 0 Å². The highest BCUT2D eigenvalue weighted by atomic mass is 32.1. The third-order valence-electron chi connectivity index (χ3n) is 0.669. The average molecular weight is 132 g/mol. The Morgan fingerprint density at radius 2 is 2.25 bits per heavy atom. The van der Waals surface area contributed by atoms with Crippen LogP contribution in [0.15, 0.2) is 11.1 Å². The van der Waals surface area contributed by atoms with E-state index in [-0.39, 0.29) is 0 Å². The molecular formula is C5H12N2S. The summed E-state index contributed by atoms with van der Waals surface area (Å²) in [6.07, 6.45) is 1.85. The number of nitrogens with one attached hydrogen (secondary N) is 2. The molecule has 0 unspecified atom stereocenters. The molecule has 48 valence electrons. The first kappa shape index (κ1) is 7.85. The molecule has 0 radical (unpaired) electrons. The van der Waals surface area contributed by atoms with Crippen LogP contribution >= 0.6 is 12.6 Å². The molecule has 0 aromatic rings. The molecule has 3 heteroatoms. The van der Waals surface area contributed by atoms with Crippen LogP contribution in [0.3, 0.4) is 0 Å². The van der Waals surface area contributed by atoms with E-state index in [1.165, 1.54) is 0 Å². The molecule has 2 N–H and O–H groups in total. The fourth-order valence-electron chi connectivity index (χ4n) is 0.399. The molecule has 0 spiro atoms. The first-order valence-electron chi connectivity index (χ1n) is 2.51. The highest BCUT2D eigenvalue weighted by Crippen LogP contribution is 1.93. The van der Waals surface area contributed by atoms with E-state index >= 15 is 0 Å². The van der Waals surface area contributed by atoms with Crippen molar-refractivity contribution < 1.29 is 0 Å². The van der Waals surface area contributed by atoms with Crippen LogP contribution in [0.1, 0.15) is 0 Å². The second-order valence-electron chi connectivity index (χ2n) is 1.45. The van der Waals surface area contributed by atoms with Crippen LogP contribution in [0.2, 0.25) is 0 Å². The molecule has 0 saturated carbocycles. The standard InChI is InChI=1S/C5H12N2S/c1-6-3-5(8)4-7-2/h3,6-8H,4H2,1-2H3/b5-3-. The Balaban J connectivity index is 3.29. The zero-order valence-corrected chi connectivity index (χ0v) is 6.13. The predicted octanol–water partition coefficient (Wildman–Crippen LogP) is 0.196. The second kappa shape index (κ2) is 5.00. The largest absolute Gasteiger partial charge is 0.393 e. The number of thiol groups is 1. The van der Waals surface area contributed by atoms with Gasteiger partial charge in [-0.25, -0.2) is 0 Å². The minimum absolute atomic E-state index is 0.823. The summed E-state index contributed by atoms with van der Waals surface area (Å²) in [4.78, 5) is 1.01. The van der Waals surface area contributed by atoms with Crippen molar-refractivity contribution in [2.45, 2.75) is 0 Å². The molecule has 0 saturated heterocycles. The highest BCUT2D eigenvalue weighted by Gasteiger charge is 1.81. The van der Waals surface area contributed by atoms with E-state index in [1.54, 1.807) is 0 Å². The fraction of sp³-hybridized carbons (Fsp3) is 0.600. The molecular weight excluding hydrogens is 120 g/mol. The van der Waals surface area contributed by atoms with Gasteiger partial charge in [0.25, 0.3) is 0 Å². The summed E-state index contributed by atoms with van der Waals surface area (Å²) in [5.41, 5.74) is 0. The Morgan fingerprint density at radius 3 is 2.62 bits per heavy atom. The maximum atomic E-state index is 4.13. The molecule has 0 aliphatic heterocycles. The van der Waals surface area contributed by atoms with Gasteiger partial charge in [-0.05, 0) is 7.05 Å². The molecule has 0 atom stereocenters. The summed E-state index contributed by atoms with van der Waals surface area (Å²) in [5.74, 6) is 0. The van der Waals surface area contributed by atoms with Crippen molar-refractivity contribution >= 4 is 12.6 Å². The minimum atomic E-state index is 0.823. The van der Waals surface area contributed by atoms with E-state index in [2.05, 4.69) is 23.3 Å². The quantitative estimate of drug-likeness (QED) is 0.478. The van der Waals surface area contributed by atoms with E-state index in [9.17, 15) is 0 Å². The first-order valence-corrected chi connectivity index (χ1v) is 2.96. The molecule has 0 aromatic carbocycles. The maximum absolute atomic E-state index is 4.13. The van der Waals surface area contributed by atoms with E-state index in [0.29, 0.717) is 0 Å². The van der Waals surface area contributed by atoms with Gasteiger partial charge in [0.15, 0.2) is 0 Å². The average Bonchev–Trinajstić information content (AvgIpc) is 1.68. The van der Waals surface area contributed by atoms with Gasteiger partial charge in [0.2, 0.25) is 0 Å². The third kappa shape index (κ3) is 4.02. The summed E-state index contributed by atoms with van der Waals surface area (Å²) < 4.78 is 0. The van der Waals surface area contributed by atoms with E-state index in [0.717, 1.165) is 11.4 Å². The van der Waals surface area contributed by atoms with Gasteiger partial charge in [-0.3, -0.25) is 0 Å². The SMILES string of the molecule is CN/C=C(\S)CNC. The topological polar surface area (TPSA) is 24.1 Å². The van der Waals surface area contributed by atoms with Gasteiger partial charge in [0.05, 0.1) is 0 Å². The highest BCUT2D eigenvalue weighted by molar-refractivity contribution is 7.84. The molecule has 0 aromatic heterocycles. The molecule has 0 aliphatic carbocycles. The molecule has 2 nitrogen and oxygen atoms in total. The third-order valence-corrected chi connectivity index (χ3v) is 0.956. The smallest absolute Gasteiger partial charge is 0.0274 e. The Kier molecular flexibility index (Phi) is 4.90. The van der Waals surface area contributed by atoms with Crippen molar-refractivity contribution in [3.63, 3.8) is 0 Å². The van der Waals surface area contributed by atoms with E-state index < -0.39 is 0 Å². The van der Waals surface area contributed by atoms with Crippen molar-refractivity contribution in [2.24, 2.45) is 0 Å². The lowest BCUT2D eigenvalue weighted by molar-refractivity contribution is 0.902. The summed E-state index contributed by atoms with van der Waals surface area (Å²) >= 11 is 4.13. The van der Waals surface area contributed by atoms with E-state index in [1.807, 2.05) is 20.3 Å². The number of rotatable bonds is 3. The van der Waals surface area contributed by atoms with Crippen molar-refractivity contribution in [1.29, 1.82) is 0 Å². The maximum Gasteiger partial charge on any atom is 0.0274 e.